The van der Waals surface area contributed by atoms with Gasteiger partial charge >= 0.3 is 5.76 Å². The molecule has 0 aliphatic carbocycles. The van der Waals surface area contributed by atoms with Gasteiger partial charge in [0.05, 0.1) is 17.0 Å². The minimum Gasteiger partial charge on any atom is -0.408 e. The van der Waals surface area contributed by atoms with Crippen molar-refractivity contribution in [2.75, 3.05) is 0 Å². The maximum absolute atomic E-state index is 12.1. The molecule has 0 bridgehead atoms. The molecule has 0 radical (unpaired) electrons. The lowest BCUT2D eigenvalue weighted by molar-refractivity contribution is 0.553. The van der Waals surface area contributed by atoms with Gasteiger partial charge in [-0.25, -0.2) is 22.9 Å². The molecule has 0 fully saturated rings. The van der Waals surface area contributed by atoms with Gasteiger partial charge < -0.3 is 4.42 Å². The molecule has 1 aromatic carbocycles. The van der Waals surface area contributed by atoms with Crippen LogP contribution in [-0.4, -0.2) is 18.4 Å². The summed E-state index contributed by atoms with van der Waals surface area (Å²) in [6.45, 7) is 0.120. The van der Waals surface area contributed by atoms with E-state index in [-0.39, 0.29) is 17.0 Å². The molecule has 20 heavy (non-hydrogen) atoms. The Labute approximate surface area is 117 Å². The summed E-state index contributed by atoms with van der Waals surface area (Å²) in [6.07, 6.45) is 1.61. The third-order valence-corrected chi connectivity index (χ3v) is 4.78. The average molecular weight is 311 g/mol. The van der Waals surface area contributed by atoms with Crippen molar-refractivity contribution < 1.29 is 12.8 Å². The van der Waals surface area contributed by atoms with E-state index in [9.17, 15) is 13.2 Å². The molecule has 9 heteroatoms. The second-order valence-corrected chi connectivity index (χ2v) is 6.67. The van der Waals surface area contributed by atoms with Crippen molar-refractivity contribution in [3.8, 4) is 0 Å². The summed E-state index contributed by atoms with van der Waals surface area (Å²) in [5.74, 6) is -0.620. The number of hydrogen-bond acceptors (Lipinski definition) is 6. The first-order valence-corrected chi connectivity index (χ1v) is 7.92. The number of sulfonamides is 1. The maximum atomic E-state index is 12.1. The smallest absolute Gasteiger partial charge is 0.408 e. The van der Waals surface area contributed by atoms with Crippen LogP contribution in [0.2, 0.25) is 0 Å². The minimum absolute atomic E-state index is 0.0318. The zero-order valence-electron chi connectivity index (χ0n) is 9.99. The Hall–Kier alpha value is -1.97. The van der Waals surface area contributed by atoms with Crippen molar-refractivity contribution in [3.63, 3.8) is 0 Å². The van der Waals surface area contributed by atoms with Crippen molar-refractivity contribution in [1.29, 1.82) is 0 Å². The molecular formula is C11H9N3O4S2. The van der Waals surface area contributed by atoms with E-state index in [1.807, 2.05) is 0 Å². The van der Waals surface area contributed by atoms with Gasteiger partial charge in [0.15, 0.2) is 5.58 Å². The van der Waals surface area contributed by atoms with Gasteiger partial charge in [0, 0.05) is 17.6 Å². The second kappa shape index (κ2) is 4.85. The molecule has 0 atom stereocenters. The number of aromatic amines is 1. The lowest BCUT2D eigenvalue weighted by Crippen LogP contribution is -2.23. The molecule has 0 spiro atoms. The highest BCUT2D eigenvalue weighted by Gasteiger charge is 2.16. The standard InChI is InChI=1S/C11H9N3O4S2/c15-11-14-8-2-1-7(5-9(8)18-11)20(16,17)13-6-10-12-3-4-19-10/h1-5,13H,6H2,(H,14,15). The summed E-state index contributed by atoms with van der Waals surface area (Å²) < 4.78 is 31.5. The second-order valence-electron chi connectivity index (χ2n) is 3.92. The Morgan fingerprint density at radius 3 is 3.00 bits per heavy atom. The molecule has 3 aromatic rings. The van der Waals surface area contributed by atoms with Crippen molar-refractivity contribution in [1.82, 2.24) is 14.7 Å². The van der Waals surface area contributed by atoms with Crippen LogP contribution in [0.4, 0.5) is 0 Å². The van der Waals surface area contributed by atoms with Crippen LogP contribution in [-0.2, 0) is 16.6 Å². The van der Waals surface area contributed by atoms with Crippen LogP contribution < -0.4 is 10.5 Å². The van der Waals surface area contributed by atoms with Crippen molar-refractivity contribution in [2.45, 2.75) is 11.4 Å². The summed E-state index contributed by atoms with van der Waals surface area (Å²) in [4.78, 5) is 17.5. The summed E-state index contributed by atoms with van der Waals surface area (Å²) in [5, 5.41) is 2.44. The van der Waals surface area contributed by atoms with Gasteiger partial charge in [-0.05, 0) is 12.1 Å². The van der Waals surface area contributed by atoms with E-state index in [4.69, 9.17) is 4.42 Å². The number of oxazole rings is 1. The van der Waals surface area contributed by atoms with Gasteiger partial charge in [0.1, 0.15) is 5.01 Å². The molecule has 0 saturated heterocycles. The van der Waals surface area contributed by atoms with E-state index in [2.05, 4.69) is 14.7 Å². The Balaban J connectivity index is 1.90. The first kappa shape index (κ1) is 13.0. The number of fused-ring (bicyclic) bond motifs is 1. The Bertz CT molecular complexity index is 893. The van der Waals surface area contributed by atoms with Crippen molar-refractivity contribution >= 4 is 32.5 Å². The van der Waals surface area contributed by atoms with Gasteiger partial charge in [-0.1, -0.05) is 0 Å². The third-order valence-electron chi connectivity index (χ3n) is 2.60. The minimum atomic E-state index is -3.68. The van der Waals surface area contributed by atoms with Crippen LogP contribution in [0.15, 0.2) is 43.9 Å². The van der Waals surface area contributed by atoms with Gasteiger partial charge in [0.2, 0.25) is 10.0 Å². The lowest BCUT2D eigenvalue weighted by Gasteiger charge is -2.04. The highest BCUT2D eigenvalue weighted by Crippen LogP contribution is 2.17. The highest BCUT2D eigenvalue weighted by molar-refractivity contribution is 7.89. The number of thiazole rings is 1. The first-order chi connectivity index (χ1) is 9.54. The van der Waals surface area contributed by atoms with Gasteiger partial charge in [-0.2, -0.15) is 0 Å². The molecule has 3 rings (SSSR count). The predicted molar refractivity (Wildman–Crippen MR) is 73.0 cm³/mol. The van der Waals surface area contributed by atoms with E-state index in [0.717, 1.165) is 0 Å². The fraction of sp³-hybridized carbons (Fsp3) is 0.0909. The predicted octanol–water partition coefficient (Wildman–Crippen LogP) is 1.06. The van der Waals surface area contributed by atoms with Crippen LogP contribution in [0, 0.1) is 0 Å². The van der Waals surface area contributed by atoms with Crippen LogP contribution in [0.5, 0.6) is 0 Å². The fourth-order valence-electron chi connectivity index (χ4n) is 1.67. The average Bonchev–Trinajstić information content (AvgIpc) is 3.03. The van der Waals surface area contributed by atoms with Gasteiger partial charge in [-0.3, -0.25) is 4.98 Å². The molecule has 0 unspecified atom stereocenters. The number of H-pyrrole nitrogens is 1. The Kier molecular flexibility index (Phi) is 3.16. The summed E-state index contributed by atoms with van der Waals surface area (Å²) >= 11 is 1.36. The fourth-order valence-corrected chi connectivity index (χ4v) is 3.32. The number of benzene rings is 1. The van der Waals surface area contributed by atoms with E-state index in [0.29, 0.717) is 10.5 Å². The number of hydrogen-bond donors (Lipinski definition) is 2. The number of aromatic nitrogens is 2. The van der Waals surface area contributed by atoms with E-state index >= 15 is 0 Å². The molecule has 2 heterocycles. The molecule has 0 aliphatic rings. The zero-order chi connectivity index (χ0) is 14.2. The molecule has 2 N–H and O–H groups in total. The van der Waals surface area contributed by atoms with E-state index in [1.54, 1.807) is 11.6 Å². The summed E-state index contributed by atoms with van der Waals surface area (Å²) in [6, 6.07) is 4.19. The number of rotatable bonds is 4. The van der Waals surface area contributed by atoms with Crippen LogP contribution >= 0.6 is 11.3 Å². The van der Waals surface area contributed by atoms with Crippen molar-refractivity contribution in [2.24, 2.45) is 0 Å². The molecule has 0 aliphatic heterocycles. The van der Waals surface area contributed by atoms with Gasteiger partial charge in [0.25, 0.3) is 0 Å². The van der Waals surface area contributed by atoms with Crippen molar-refractivity contribution in [3.05, 3.63) is 45.3 Å². The van der Waals surface area contributed by atoms with Crippen LogP contribution in [0.1, 0.15) is 5.01 Å². The van der Waals surface area contributed by atoms with Crippen LogP contribution in [0.3, 0.4) is 0 Å². The lowest BCUT2D eigenvalue weighted by atomic mass is 10.3. The molecular weight excluding hydrogens is 302 g/mol. The summed E-state index contributed by atoms with van der Waals surface area (Å²) in [7, 11) is -3.68. The van der Waals surface area contributed by atoms with Gasteiger partial charge in [-0.15, -0.1) is 11.3 Å². The van der Waals surface area contributed by atoms with Crippen LogP contribution in [0.25, 0.3) is 11.1 Å². The topological polar surface area (TPSA) is 105 Å². The zero-order valence-corrected chi connectivity index (χ0v) is 11.6. The SMILES string of the molecule is O=c1[nH]c2ccc(S(=O)(=O)NCc3nccs3)cc2o1. The molecule has 7 nitrogen and oxygen atoms in total. The largest absolute Gasteiger partial charge is 0.417 e. The van der Waals surface area contributed by atoms with E-state index in [1.165, 1.54) is 29.5 Å². The monoisotopic (exact) mass is 311 g/mol. The third kappa shape index (κ3) is 2.50. The maximum Gasteiger partial charge on any atom is 0.417 e. The molecule has 2 aromatic heterocycles. The summed E-state index contributed by atoms with van der Waals surface area (Å²) in [5.41, 5.74) is 0.654. The highest BCUT2D eigenvalue weighted by atomic mass is 32.2. The van der Waals surface area contributed by atoms with E-state index < -0.39 is 15.8 Å². The Morgan fingerprint density at radius 2 is 2.25 bits per heavy atom. The Morgan fingerprint density at radius 1 is 1.40 bits per heavy atom. The number of nitrogens with zero attached hydrogens (tertiary/aromatic N) is 1. The molecule has 0 amide bonds. The number of nitrogens with one attached hydrogen (secondary N) is 2. The molecule has 0 saturated carbocycles. The first-order valence-electron chi connectivity index (χ1n) is 5.55. The molecule has 104 valence electrons. The quantitative estimate of drug-likeness (QED) is 0.749. The normalized spacial score (nSPS) is 12.0.